The van der Waals surface area contributed by atoms with Crippen LogP contribution in [0, 0.1) is 0 Å². The third-order valence-corrected chi connectivity index (χ3v) is 3.52. The van der Waals surface area contributed by atoms with E-state index in [2.05, 4.69) is 0 Å². The molecule has 2 aromatic rings. The molecular formula is C15H13NO4S. The maximum Gasteiger partial charge on any atom is 0.333 e. The molecule has 108 valence electrons. The van der Waals surface area contributed by atoms with Crippen LogP contribution in [0.4, 0.5) is 5.00 Å². The molecule has 0 aliphatic rings. The Bertz CT molecular complexity index is 618. The fourth-order valence-electron chi connectivity index (χ4n) is 1.70. The fraction of sp³-hybridized carbons (Fsp3) is 0.133. The summed E-state index contributed by atoms with van der Waals surface area (Å²) in [5.41, 5.74) is 0.901. The number of carbonyl (C=O) groups is 1. The van der Waals surface area contributed by atoms with Gasteiger partial charge in [-0.2, -0.15) is 0 Å². The van der Waals surface area contributed by atoms with Crippen LogP contribution >= 0.6 is 11.3 Å². The molecule has 0 saturated carbocycles. The summed E-state index contributed by atoms with van der Waals surface area (Å²) < 4.78 is 0. The molecule has 1 N–H and O–H groups in total. The molecule has 1 aromatic heterocycles. The summed E-state index contributed by atoms with van der Waals surface area (Å²) in [6, 6.07) is 11.7. The van der Waals surface area contributed by atoms with Crippen molar-refractivity contribution in [3.8, 4) is 0 Å². The average Bonchev–Trinajstić information content (AvgIpc) is 3.01. The standard InChI is InChI=1S/C15H13NO4S/c17-9-8-13(15(18)19)16(14-7-4-10-21-14)20-11-12-5-2-1-3-6-12/h1-8,10,13H,11H2,(H,18,19)/t13-/m0/s1. The van der Waals surface area contributed by atoms with Gasteiger partial charge >= 0.3 is 5.97 Å². The number of hydrogen-bond acceptors (Lipinski definition) is 5. The number of thiophene rings is 1. The van der Waals surface area contributed by atoms with E-state index in [1.54, 1.807) is 17.5 Å². The zero-order chi connectivity index (χ0) is 15.1. The first-order valence-electron chi connectivity index (χ1n) is 6.15. The second-order valence-corrected chi connectivity index (χ2v) is 5.03. The number of hydroxylamine groups is 1. The van der Waals surface area contributed by atoms with Crippen LogP contribution in [-0.2, 0) is 21.0 Å². The van der Waals surface area contributed by atoms with Gasteiger partial charge in [-0.1, -0.05) is 30.3 Å². The number of carbonyl (C=O) groups excluding carboxylic acids is 1. The topological polar surface area (TPSA) is 66.8 Å². The van der Waals surface area contributed by atoms with E-state index < -0.39 is 12.0 Å². The monoisotopic (exact) mass is 303 g/mol. The van der Waals surface area contributed by atoms with Gasteiger partial charge in [0.05, 0.1) is 6.61 Å². The molecule has 0 aliphatic carbocycles. The van der Waals surface area contributed by atoms with Gasteiger partial charge in [0.2, 0.25) is 0 Å². The Balaban J connectivity index is 2.20. The number of rotatable bonds is 7. The van der Waals surface area contributed by atoms with Gasteiger partial charge in [0.25, 0.3) is 0 Å². The zero-order valence-electron chi connectivity index (χ0n) is 11.0. The molecule has 6 heteroatoms. The predicted octanol–water partition coefficient (Wildman–Crippen LogP) is 2.53. The minimum atomic E-state index is -1.22. The summed E-state index contributed by atoms with van der Waals surface area (Å²) in [5.74, 6) is 0.336. The quantitative estimate of drug-likeness (QED) is 0.629. The van der Waals surface area contributed by atoms with Crippen LogP contribution < -0.4 is 5.06 Å². The number of carboxylic acids is 1. The van der Waals surface area contributed by atoms with Crippen molar-refractivity contribution in [3.63, 3.8) is 0 Å². The summed E-state index contributed by atoms with van der Waals surface area (Å²) in [6.45, 7) is 0.204. The van der Waals surface area contributed by atoms with Crippen molar-refractivity contribution in [2.45, 2.75) is 12.6 Å². The molecule has 1 heterocycles. The van der Waals surface area contributed by atoms with Gasteiger partial charge < -0.3 is 5.11 Å². The van der Waals surface area contributed by atoms with Gasteiger partial charge in [-0.15, -0.1) is 11.3 Å². The number of nitrogens with zero attached hydrogens (tertiary/aromatic N) is 1. The van der Waals surface area contributed by atoms with Crippen molar-refractivity contribution >= 4 is 28.2 Å². The van der Waals surface area contributed by atoms with Crippen molar-refractivity contribution in [1.29, 1.82) is 0 Å². The lowest BCUT2D eigenvalue weighted by Crippen LogP contribution is -2.39. The van der Waals surface area contributed by atoms with E-state index in [1.807, 2.05) is 30.3 Å². The molecule has 2 rings (SSSR count). The zero-order valence-corrected chi connectivity index (χ0v) is 11.8. The number of carboxylic acid groups (broad SMARTS) is 1. The highest BCUT2D eigenvalue weighted by Crippen LogP contribution is 2.25. The van der Waals surface area contributed by atoms with E-state index in [1.165, 1.54) is 22.3 Å². The third-order valence-electron chi connectivity index (χ3n) is 2.67. The summed E-state index contributed by atoms with van der Waals surface area (Å²) in [5, 5.41) is 12.9. The van der Waals surface area contributed by atoms with E-state index in [0.29, 0.717) is 5.00 Å². The number of benzene rings is 1. The Morgan fingerprint density at radius 3 is 2.67 bits per heavy atom. The van der Waals surface area contributed by atoms with Gasteiger partial charge in [0, 0.05) is 6.08 Å². The van der Waals surface area contributed by atoms with Crippen molar-refractivity contribution in [1.82, 2.24) is 0 Å². The van der Waals surface area contributed by atoms with E-state index >= 15 is 0 Å². The third kappa shape index (κ3) is 4.03. The molecule has 0 bridgehead atoms. The van der Waals surface area contributed by atoms with Crippen LogP contribution in [0.2, 0.25) is 0 Å². The summed E-state index contributed by atoms with van der Waals surface area (Å²) in [6.07, 6.45) is 0.924. The highest BCUT2D eigenvalue weighted by atomic mass is 32.1. The van der Waals surface area contributed by atoms with Crippen LogP contribution in [0.5, 0.6) is 0 Å². The van der Waals surface area contributed by atoms with Gasteiger partial charge in [-0.25, -0.2) is 14.7 Å². The van der Waals surface area contributed by atoms with Crippen LogP contribution in [-0.4, -0.2) is 23.1 Å². The molecule has 0 fully saturated rings. The van der Waals surface area contributed by atoms with E-state index in [0.717, 1.165) is 11.6 Å². The lowest BCUT2D eigenvalue weighted by atomic mass is 10.2. The van der Waals surface area contributed by atoms with E-state index in [4.69, 9.17) is 4.84 Å². The van der Waals surface area contributed by atoms with Gasteiger partial charge in [-0.05, 0) is 23.1 Å². The first-order valence-corrected chi connectivity index (χ1v) is 7.03. The lowest BCUT2D eigenvalue weighted by molar-refractivity contribution is -0.139. The molecule has 5 nitrogen and oxygen atoms in total. The maximum absolute atomic E-state index is 11.3. The highest BCUT2D eigenvalue weighted by Gasteiger charge is 2.26. The minimum Gasteiger partial charge on any atom is -0.479 e. The smallest absolute Gasteiger partial charge is 0.333 e. The highest BCUT2D eigenvalue weighted by molar-refractivity contribution is 7.14. The van der Waals surface area contributed by atoms with Gasteiger partial charge in [-0.3, -0.25) is 4.84 Å². The van der Waals surface area contributed by atoms with Crippen molar-refractivity contribution < 1.29 is 19.5 Å². The van der Waals surface area contributed by atoms with Crippen LogP contribution in [0.25, 0.3) is 0 Å². The Labute approximate surface area is 125 Å². The summed E-state index contributed by atoms with van der Waals surface area (Å²) >= 11 is 1.33. The fourth-order valence-corrected chi connectivity index (χ4v) is 2.42. The maximum atomic E-state index is 11.3. The molecule has 0 aliphatic heterocycles. The summed E-state index contributed by atoms with van der Waals surface area (Å²) in [4.78, 5) is 27.5. The van der Waals surface area contributed by atoms with Crippen molar-refractivity contribution in [2.24, 2.45) is 0 Å². The predicted molar refractivity (Wildman–Crippen MR) is 79.7 cm³/mol. The van der Waals surface area contributed by atoms with Crippen LogP contribution in [0.15, 0.2) is 53.9 Å². The van der Waals surface area contributed by atoms with Crippen LogP contribution in [0.3, 0.4) is 0 Å². The number of anilines is 1. The van der Waals surface area contributed by atoms with Crippen LogP contribution in [0.1, 0.15) is 5.56 Å². The Morgan fingerprint density at radius 1 is 1.33 bits per heavy atom. The molecule has 0 unspecified atom stereocenters. The Kier molecular flexibility index (Phi) is 5.29. The molecule has 0 amide bonds. The molecule has 0 saturated heterocycles. The normalized spacial score (nSPS) is 11.4. The number of hydrogen-bond donors (Lipinski definition) is 1. The van der Waals surface area contributed by atoms with E-state index in [-0.39, 0.29) is 6.61 Å². The average molecular weight is 303 g/mol. The molecule has 1 atom stereocenters. The largest absolute Gasteiger partial charge is 0.479 e. The molecule has 1 aromatic carbocycles. The number of aliphatic carboxylic acids is 1. The molecule has 21 heavy (non-hydrogen) atoms. The SMILES string of the molecule is O=C=C[C@@H](C(=O)O)N(OCc1ccccc1)c1cccs1. The Hall–Kier alpha value is -2.40. The second-order valence-electron chi connectivity index (χ2n) is 4.10. The first kappa shape index (κ1) is 15.0. The lowest BCUT2D eigenvalue weighted by Gasteiger charge is -2.25. The van der Waals surface area contributed by atoms with Crippen molar-refractivity contribution in [3.05, 3.63) is 59.5 Å². The Morgan fingerprint density at radius 2 is 2.10 bits per heavy atom. The molecular weight excluding hydrogens is 290 g/mol. The molecule has 0 spiro atoms. The van der Waals surface area contributed by atoms with E-state index in [9.17, 15) is 14.7 Å². The first-order chi connectivity index (χ1) is 10.2. The van der Waals surface area contributed by atoms with Crippen molar-refractivity contribution in [2.75, 3.05) is 5.06 Å². The van der Waals surface area contributed by atoms with Gasteiger partial charge in [0.1, 0.15) is 10.9 Å². The van der Waals surface area contributed by atoms with Gasteiger partial charge in [0.15, 0.2) is 6.04 Å². The minimum absolute atomic E-state index is 0.204. The molecule has 0 radical (unpaired) electrons. The second kappa shape index (κ2) is 7.40. The summed E-state index contributed by atoms with van der Waals surface area (Å²) in [7, 11) is 0.